The predicted molar refractivity (Wildman–Crippen MR) is 78.0 cm³/mol. The molecule has 1 saturated carbocycles. The minimum atomic E-state index is -0.811. The van der Waals surface area contributed by atoms with Crippen LogP contribution < -0.4 is 0 Å². The summed E-state index contributed by atoms with van der Waals surface area (Å²) in [6.45, 7) is 4.14. The van der Waals surface area contributed by atoms with Crippen LogP contribution in [-0.2, 0) is 0 Å². The summed E-state index contributed by atoms with van der Waals surface area (Å²) in [5.41, 5.74) is 0.851. The van der Waals surface area contributed by atoms with Gasteiger partial charge in [0.15, 0.2) is 0 Å². The number of carboxylic acid groups (broad SMARTS) is 1. The summed E-state index contributed by atoms with van der Waals surface area (Å²) < 4.78 is 0. The Labute approximate surface area is 119 Å². The van der Waals surface area contributed by atoms with E-state index in [2.05, 4.69) is 11.9 Å². The fraction of sp³-hybridized carbons (Fsp3) is 0.733. The fourth-order valence-electron chi connectivity index (χ4n) is 3.09. The number of nitrogens with zero attached hydrogens (tertiary/aromatic N) is 1. The summed E-state index contributed by atoms with van der Waals surface area (Å²) in [6.07, 6.45) is 8.63. The molecule has 1 heterocycles. The Bertz CT molecular complexity index is 433. The van der Waals surface area contributed by atoms with Crippen LogP contribution in [0.25, 0.3) is 0 Å². The standard InChI is InChI=1S/C15H23NO2S/c1-3-4-5-11-6-8-12(9-7-11)13-14(15(17)18)19-10(2)16-13/h11-12H,3-9H2,1-2H3,(H,17,18). The van der Waals surface area contributed by atoms with Gasteiger partial charge in [0.2, 0.25) is 0 Å². The van der Waals surface area contributed by atoms with Gasteiger partial charge in [-0.1, -0.05) is 26.2 Å². The number of carboxylic acids is 1. The van der Waals surface area contributed by atoms with E-state index in [-0.39, 0.29) is 0 Å². The zero-order valence-corrected chi connectivity index (χ0v) is 12.6. The number of aryl methyl sites for hydroxylation is 1. The van der Waals surface area contributed by atoms with Crippen molar-refractivity contribution < 1.29 is 9.90 Å². The number of rotatable bonds is 5. The first kappa shape index (κ1) is 14.5. The lowest BCUT2D eigenvalue weighted by molar-refractivity contribution is 0.0699. The van der Waals surface area contributed by atoms with E-state index in [1.807, 2.05) is 6.92 Å². The maximum Gasteiger partial charge on any atom is 0.347 e. The Hall–Kier alpha value is -0.900. The van der Waals surface area contributed by atoms with Crippen molar-refractivity contribution in [1.29, 1.82) is 0 Å². The predicted octanol–water partition coefficient (Wildman–Crippen LogP) is 4.61. The molecule has 3 nitrogen and oxygen atoms in total. The minimum absolute atomic E-state index is 0.369. The van der Waals surface area contributed by atoms with Gasteiger partial charge in [0.1, 0.15) is 4.88 Å². The number of aromatic nitrogens is 1. The second kappa shape index (κ2) is 6.51. The molecule has 0 spiro atoms. The molecule has 19 heavy (non-hydrogen) atoms. The van der Waals surface area contributed by atoms with Gasteiger partial charge in [0, 0.05) is 5.92 Å². The molecule has 0 amide bonds. The van der Waals surface area contributed by atoms with Crippen LogP contribution in [0.15, 0.2) is 0 Å². The zero-order valence-electron chi connectivity index (χ0n) is 11.8. The normalized spacial score (nSPS) is 23.5. The molecule has 1 N–H and O–H groups in total. The number of carbonyl (C=O) groups is 1. The molecule has 0 aliphatic heterocycles. The quantitative estimate of drug-likeness (QED) is 0.857. The van der Waals surface area contributed by atoms with Gasteiger partial charge in [-0.25, -0.2) is 9.78 Å². The number of hydrogen-bond acceptors (Lipinski definition) is 3. The highest BCUT2D eigenvalue weighted by molar-refractivity contribution is 7.13. The lowest BCUT2D eigenvalue weighted by Gasteiger charge is -2.27. The topological polar surface area (TPSA) is 50.2 Å². The molecule has 0 saturated heterocycles. The molecule has 0 aromatic carbocycles. The van der Waals surface area contributed by atoms with Crippen molar-refractivity contribution in [2.24, 2.45) is 5.92 Å². The average molecular weight is 281 g/mol. The molecule has 1 fully saturated rings. The van der Waals surface area contributed by atoms with Crippen LogP contribution in [0.4, 0.5) is 0 Å². The van der Waals surface area contributed by atoms with E-state index in [4.69, 9.17) is 0 Å². The summed E-state index contributed by atoms with van der Waals surface area (Å²) in [5, 5.41) is 10.1. The molecule has 1 aromatic heterocycles. The summed E-state index contributed by atoms with van der Waals surface area (Å²) in [5.74, 6) is 0.409. The van der Waals surface area contributed by atoms with E-state index < -0.39 is 5.97 Å². The Morgan fingerprint density at radius 2 is 2.05 bits per heavy atom. The van der Waals surface area contributed by atoms with Gasteiger partial charge < -0.3 is 5.11 Å². The van der Waals surface area contributed by atoms with E-state index >= 15 is 0 Å². The summed E-state index contributed by atoms with van der Waals surface area (Å²) in [6, 6.07) is 0. The lowest BCUT2D eigenvalue weighted by Crippen LogP contribution is -2.15. The first-order chi connectivity index (χ1) is 9.11. The Kier molecular flexibility index (Phi) is 4.97. The van der Waals surface area contributed by atoms with Gasteiger partial charge in [-0.15, -0.1) is 11.3 Å². The second-order valence-corrected chi connectivity index (χ2v) is 6.82. The number of hydrogen-bond donors (Lipinski definition) is 1. The summed E-state index contributed by atoms with van der Waals surface area (Å²) in [7, 11) is 0. The van der Waals surface area contributed by atoms with Crippen LogP contribution >= 0.6 is 11.3 Å². The summed E-state index contributed by atoms with van der Waals surface area (Å²) in [4.78, 5) is 16.2. The fourth-order valence-corrected chi connectivity index (χ4v) is 3.93. The van der Waals surface area contributed by atoms with E-state index in [0.29, 0.717) is 10.8 Å². The third kappa shape index (κ3) is 3.56. The first-order valence-electron chi connectivity index (χ1n) is 7.32. The highest BCUT2D eigenvalue weighted by atomic mass is 32.1. The Morgan fingerprint density at radius 1 is 1.37 bits per heavy atom. The van der Waals surface area contributed by atoms with Gasteiger partial charge in [-0.05, 0) is 38.5 Å². The molecule has 2 rings (SSSR count). The van der Waals surface area contributed by atoms with Crippen LogP contribution in [0.5, 0.6) is 0 Å². The van der Waals surface area contributed by atoms with Gasteiger partial charge in [0.05, 0.1) is 10.7 Å². The molecular weight excluding hydrogens is 258 g/mol. The molecule has 1 aromatic rings. The van der Waals surface area contributed by atoms with Gasteiger partial charge in [-0.2, -0.15) is 0 Å². The second-order valence-electron chi connectivity index (χ2n) is 5.61. The van der Waals surface area contributed by atoms with Gasteiger partial charge in [-0.3, -0.25) is 0 Å². The van der Waals surface area contributed by atoms with Crippen LogP contribution in [0.3, 0.4) is 0 Å². The third-order valence-corrected chi connectivity index (χ3v) is 5.13. The smallest absolute Gasteiger partial charge is 0.347 e. The van der Waals surface area contributed by atoms with Crippen LogP contribution in [0.1, 0.15) is 78.2 Å². The van der Waals surface area contributed by atoms with Gasteiger partial charge >= 0.3 is 5.97 Å². The van der Waals surface area contributed by atoms with Crippen molar-refractivity contribution in [2.75, 3.05) is 0 Å². The Balaban J connectivity index is 1.99. The molecular formula is C15H23NO2S. The highest BCUT2D eigenvalue weighted by Crippen LogP contribution is 2.39. The maximum atomic E-state index is 11.3. The van der Waals surface area contributed by atoms with E-state index in [1.165, 1.54) is 43.4 Å². The number of aromatic carboxylic acids is 1. The monoisotopic (exact) mass is 281 g/mol. The maximum absolute atomic E-state index is 11.3. The molecule has 106 valence electrons. The number of unbranched alkanes of at least 4 members (excludes halogenated alkanes) is 1. The summed E-state index contributed by atoms with van der Waals surface area (Å²) >= 11 is 1.32. The largest absolute Gasteiger partial charge is 0.477 e. The zero-order chi connectivity index (χ0) is 13.8. The highest BCUT2D eigenvalue weighted by Gasteiger charge is 2.28. The molecule has 0 radical (unpaired) electrons. The van der Waals surface area contributed by atoms with E-state index in [0.717, 1.165) is 29.5 Å². The first-order valence-corrected chi connectivity index (χ1v) is 8.14. The third-order valence-electron chi connectivity index (χ3n) is 4.15. The van der Waals surface area contributed by atoms with Crippen LogP contribution in [-0.4, -0.2) is 16.1 Å². The van der Waals surface area contributed by atoms with Crippen molar-refractivity contribution >= 4 is 17.3 Å². The van der Waals surface area contributed by atoms with Crippen molar-refractivity contribution in [3.05, 3.63) is 15.6 Å². The van der Waals surface area contributed by atoms with Crippen molar-refractivity contribution in [2.45, 2.75) is 64.7 Å². The molecule has 0 atom stereocenters. The minimum Gasteiger partial charge on any atom is -0.477 e. The molecule has 4 heteroatoms. The van der Waals surface area contributed by atoms with Gasteiger partial charge in [0.25, 0.3) is 0 Å². The van der Waals surface area contributed by atoms with Crippen LogP contribution in [0.2, 0.25) is 0 Å². The Morgan fingerprint density at radius 3 is 2.63 bits per heavy atom. The molecule has 1 aliphatic carbocycles. The molecule has 0 unspecified atom stereocenters. The van der Waals surface area contributed by atoms with Crippen molar-refractivity contribution in [1.82, 2.24) is 4.98 Å². The van der Waals surface area contributed by atoms with Crippen molar-refractivity contribution in [3.8, 4) is 0 Å². The SMILES string of the molecule is CCCCC1CCC(c2nc(C)sc2C(=O)O)CC1. The lowest BCUT2D eigenvalue weighted by atomic mass is 9.78. The van der Waals surface area contributed by atoms with Crippen molar-refractivity contribution in [3.63, 3.8) is 0 Å². The molecule has 0 bridgehead atoms. The van der Waals surface area contributed by atoms with E-state index in [1.54, 1.807) is 0 Å². The van der Waals surface area contributed by atoms with E-state index in [9.17, 15) is 9.90 Å². The van der Waals surface area contributed by atoms with Crippen LogP contribution in [0, 0.1) is 12.8 Å². The number of thiazole rings is 1. The average Bonchev–Trinajstić information content (AvgIpc) is 2.79. The molecule has 1 aliphatic rings.